The maximum Gasteiger partial charge on any atom is 0.234 e. The second kappa shape index (κ2) is 5.68. The van der Waals surface area contributed by atoms with Gasteiger partial charge in [0.2, 0.25) is 5.91 Å². The molecule has 1 amide bonds. The molecule has 0 aliphatic carbocycles. The first-order chi connectivity index (χ1) is 10.3. The van der Waals surface area contributed by atoms with Gasteiger partial charge in [-0.25, -0.2) is 4.68 Å². The van der Waals surface area contributed by atoms with E-state index in [9.17, 15) is 4.79 Å². The molecule has 0 saturated heterocycles. The molecule has 1 aromatic carbocycles. The molecule has 106 valence electrons. The highest BCUT2D eigenvalue weighted by molar-refractivity contribution is 5.89. The van der Waals surface area contributed by atoms with E-state index in [1.165, 1.54) is 0 Å². The first-order valence-corrected chi connectivity index (χ1v) is 6.49. The maximum absolute atomic E-state index is 11.1. The molecule has 0 radical (unpaired) electrons. The molecule has 0 unspecified atom stereocenters. The van der Waals surface area contributed by atoms with E-state index in [1.54, 1.807) is 23.3 Å². The summed E-state index contributed by atoms with van der Waals surface area (Å²) in [4.78, 5) is 15.2. The number of hydrogen-bond acceptors (Lipinski definition) is 5. The van der Waals surface area contributed by atoms with Gasteiger partial charge in [0.15, 0.2) is 0 Å². The van der Waals surface area contributed by atoms with Crippen molar-refractivity contribution in [2.75, 3.05) is 6.54 Å². The van der Waals surface area contributed by atoms with Crippen LogP contribution in [0.4, 0.5) is 0 Å². The summed E-state index contributed by atoms with van der Waals surface area (Å²) >= 11 is 0. The Morgan fingerprint density at radius 2 is 2.24 bits per heavy atom. The van der Waals surface area contributed by atoms with Crippen LogP contribution in [0.25, 0.3) is 16.5 Å². The highest BCUT2D eigenvalue weighted by Gasteiger charge is 2.07. The van der Waals surface area contributed by atoms with Crippen molar-refractivity contribution in [3.63, 3.8) is 0 Å². The average molecular weight is 282 g/mol. The van der Waals surface area contributed by atoms with Crippen LogP contribution in [0, 0.1) is 0 Å². The van der Waals surface area contributed by atoms with E-state index >= 15 is 0 Å². The summed E-state index contributed by atoms with van der Waals surface area (Å²) < 4.78 is 1.69. The minimum atomic E-state index is -0.221. The summed E-state index contributed by atoms with van der Waals surface area (Å²) in [7, 11) is 0. The molecule has 3 rings (SSSR count). The van der Waals surface area contributed by atoms with Crippen LogP contribution in [-0.2, 0) is 11.3 Å². The zero-order valence-corrected chi connectivity index (χ0v) is 11.2. The Morgan fingerprint density at radius 1 is 1.33 bits per heavy atom. The second-order valence-corrected chi connectivity index (χ2v) is 4.51. The number of pyridine rings is 1. The molecule has 0 spiro atoms. The number of rotatable bonds is 4. The van der Waals surface area contributed by atoms with Gasteiger partial charge in [-0.05, 0) is 12.1 Å². The van der Waals surface area contributed by atoms with Crippen LogP contribution < -0.4 is 11.1 Å². The minimum Gasteiger partial charge on any atom is -0.349 e. The Labute approximate surface area is 120 Å². The van der Waals surface area contributed by atoms with E-state index in [0.29, 0.717) is 12.2 Å². The SMILES string of the molecule is NCC(=O)NCc1cn(-c2cccc3cnccc23)nn1. The zero-order valence-electron chi connectivity index (χ0n) is 11.2. The summed E-state index contributed by atoms with van der Waals surface area (Å²) in [5.74, 6) is -0.221. The summed E-state index contributed by atoms with van der Waals surface area (Å²) in [5.41, 5.74) is 6.82. The van der Waals surface area contributed by atoms with Crippen LogP contribution in [0.2, 0.25) is 0 Å². The van der Waals surface area contributed by atoms with E-state index in [0.717, 1.165) is 16.5 Å². The zero-order chi connectivity index (χ0) is 14.7. The van der Waals surface area contributed by atoms with Crippen molar-refractivity contribution in [1.82, 2.24) is 25.3 Å². The van der Waals surface area contributed by atoms with Crippen LogP contribution in [-0.4, -0.2) is 32.4 Å². The number of benzene rings is 1. The molecule has 0 bridgehead atoms. The van der Waals surface area contributed by atoms with Gasteiger partial charge in [0.1, 0.15) is 5.69 Å². The van der Waals surface area contributed by atoms with E-state index in [2.05, 4.69) is 20.6 Å². The standard InChI is InChI=1S/C14H14N6O/c15-6-14(21)17-8-11-9-20(19-18-11)13-3-1-2-10-7-16-5-4-12(10)13/h1-5,7,9H,6,8,15H2,(H,17,21). The quantitative estimate of drug-likeness (QED) is 0.721. The predicted molar refractivity (Wildman–Crippen MR) is 77.6 cm³/mol. The van der Waals surface area contributed by atoms with Crippen LogP contribution >= 0.6 is 0 Å². The van der Waals surface area contributed by atoms with Crippen molar-refractivity contribution in [2.45, 2.75) is 6.54 Å². The van der Waals surface area contributed by atoms with Gasteiger partial charge in [-0.3, -0.25) is 9.78 Å². The Balaban J connectivity index is 1.90. The van der Waals surface area contributed by atoms with Crippen LogP contribution in [0.15, 0.2) is 42.9 Å². The Morgan fingerprint density at radius 3 is 3.10 bits per heavy atom. The normalized spacial score (nSPS) is 10.7. The van der Waals surface area contributed by atoms with Crippen molar-refractivity contribution < 1.29 is 4.79 Å². The van der Waals surface area contributed by atoms with Crippen LogP contribution in [0.1, 0.15) is 5.69 Å². The third-order valence-corrected chi connectivity index (χ3v) is 3.10. The molecule has 3 aromatic rings. The topological polar surface area (TPSA) is 98.7 Å². The molecule has 0 atom stereocenters. The van der Waals surface area contributed by atoms with Crippen molar-refractivity contribution in [1.29, 1.82) is 0 Å². The molecule has 3 N–H and O–H groups in total. The lowest BCUT2D eigenvalue weighted by atomic mass is 10.1. The average Bonchev–Trinajstić information content (AvgIpc) is 3.00. The van der Waals surface area contributed by atoms with Gasteiger partial charge in [-0.1, -0.05) is 17.3 Å². The van der Waals surface area contributed by atoms with Gasteiger partial charge in [0, 0.05) is 23.2 Å². The van der Waals surface area contributed by atoms with Gasteiger partial charge in [-0.2, -0.15) is 0 Å². The van der Waals surface area contributed by atoms with Crippen LogP contribution in [0.5, 0.6) is 0 Å². The summed E-state index contributed by atoms with van der Waals surface area (Å²) in [6.07, 6.45) is 5.33. The number of nitrogens with zero attached hydrogens (tertiary/aromatic N) is 4. The van der Waals surface area contributed by atoms with Gasteiger partial charge >= 0.3 is 0 Å². The van der Waals surface area contributed by atoms with Crippen molar-refractivity contribution in [2.24, 2.45) is 5.73 Å². The number of hydrogen-bond donors (Lipinski definition) is 2. The van der Waals surface area contributed by atoms with Crippen LogP contribution in [0.3, 0.4) is 0 Å². The van der Waals surface area contributed by atoms with Crippen molar-refractivity contribution in [3.8, 4) is 5.69 Å². The number of fused-ring (bicyclic) bond motifs is 1. The Hall–Kier alpha value is -2.80. The number of aromatic nitrogens is 4. The number of nitrogens with two attached hydrogens (primary N) is 1. The lowest BCUT2D eigenvalue weighted by molar-refractivity contribution is -0.119. The van der Waals surface area contributed by atoms with Gasteiger partial charge < -0.3 is 11.1 Å². The molecule has 2 aromatic heterocycles. The summed E-state index contributed by atoms with van der Waals surface area (Å²) in [6, 6.07) is 7.82. The number of carbonyl (C=O) groups excluding carboxylic acids is 1. The fourth-order valence-corrected chi connectivity index (χ4v) is 2.06. The third-order valence-electron chi connectivity index (χ3n) is 3.10. The van der Waals surface area contributed by atoms with Gasteiger partial charge in [0.05, 0.1) is 25.0 Å². The monoisotopic (exact) mass is 282 g/mol. The Bertz CT molecular complexity index is 776. The number of nitrogens with one attached hydrogen (secondary N) is 1. The second-order valence-electron chi connectivity index (χ2n) is 4.51. The predicted octanol–water partition coefficient (Wildman–Crippen LogP) is 0.390. The molecule has 21 heavy (non-hydrogen) atoms. The first-order valence-electron chi connectivity index (χ1n) is 6.49. The maximum atomic E-state index is 11.1. The Kier molecular flexibility index (Phi) is 3.57. The number of amides is 1. The molecule has 2 heterocycles. The summed E-state index contributed by atoms with van der Waals surface area (Å²) in [6.45, 7) is 0.271. The molecule has 0 aliphatic rings. The van der Waals surface area contributed by atoms with Crippen molar-refractivity contribution >= 4 is 16.7 Å². The fraction of sp³-hybridized carbons (Fsp3) is 0.143. The molecular formula is C14H14N6O. The lowest BCUT2D eigenvalue weighted by Crippen LogP contribution is -2.29. The third kappa shape index (κ3) is 2.72. The molecule has 0 saturated carbocycles. The van der Waals surface area contributed by atoms with Crippen molar-refractivity contribution in [3.05, 3.63) is 48.5 Å². The van der Waals surface area contributed by atoms with E-state index in [-0.39, 0.29) is 12.5 Å². The van der Waals surface area contributed by atoms with Gasteiger partial charge in [-0.15, -0.1) is 5.10 Å². The highest BCUT2D eigenvalue weighted by atomic mass is 16.1. The smallest absolute Gasteiger partial charge is 0.234 e. The first kappa shape index (κ1) is 13.2. The number of carbonyl (C=O) groups is 1. The van der Waals surface area contributed by atoms with E-state index in [1.807, 2.05) is 24.3 Å². The molecule has 0 fully saturated rings. The lowest BCUT2D eigenvalue weighted by Gasteiger charge is -2.04. The van der Waals surface area contributed by atoms with Gasteiger partial charge in [0.25, 0.3) is 0 Å². The molecule has 7 nitrogen and oxygen atoms in total. The largest absolute Gasteiger partial charge is 0.349 e. The summed E-state index contributed by atoms with van der Waals surface area (Å²) in [5, 5.41) is 12.9. The van der Waals surface area contributed by atoms with E-state index < -0.39 is 0 Å². The van der Waals surface area contributed by atoms with E-state index in [4.69, 9.17) is 5.73 Å². The molecular weight excluding hydrogens is 268 g/mol. The molecule has 0 aliphatic heterocycles. The highest BCUT2D eigenvalue weighted by Crippen LogP contribution is 2.20. The molecule has 7 heteroatoms. The minimum absolute atomic E-state index is 0.0372. The fourth-order valence-electron chi connectivity index (χ4n) is 2.06.